The predicted molar refractivity (Wildman–Crippen MR) is 45.4 cm³/mol. The van der Waals surface area contributed by atoms with Gasteiger partial charge in [0.2, 0.25) is 0 Å². The Bertz CT molecular complexity index is 425. The topological polar surface area (TPSA) is 25.8 Å². The van der Waals surface area contributed by atoms with E-state index in [1.807, 2.05) is 18.2 Å². The minimum atomic E-state index is 0.816. The number of aromatic nitrogens is 2. The highest BCUT2D eigenvalue weighted by atomic mass is 32.1. The van der Waals surface area contributed by atoms with Crippen LogP contribution in [-0.4, -0.2) is 8.75 Å². The molecule has 0 atom stereocenters. The average molecular weight is 160 g/mol. The van der Waals surface area contributed by atoms with E-state index in [0.29, 0.717) is 0 Å². The molecule has 0 N–H and O–H groups in total. The van der Waals surface area contributed by atoms with Crippen molar-refractivity contribution in [1.29, 1.82) is 0 Å². The summed E-state index contributed by atoms with van der Waals surface area (Å²) in [5.74, 6) is 2.56. The van der Waals surface area contributed by atoms with E-state index in [1.165, 1.54) is 11.7 Å². The van der Waals surface area contributed by atoms with Gasteiger partial charge in [-0.05, 0) is 12.1 Å². The first-order valence-corrected chi connectivity index (χ1v) is 3.83. The van der Waals surface area contributed by atoms with E-state index in [-0.39, 0.29) is 0 Å². The van der Waals surface area contributed by atoms with Crippen LogP contribution in [0, 0.1) is 12.3 Å². The molecular formula is C8H4N2S. The quantitative estimate of drug-likeness (QED) is 0.548. The molecule has 0 aliphatic heterocycles. The molecule has 0 amide bonds. The van der Waals surface area contributed by atoms with E-state index in [9.17, 15) is 0 Å². The zero-order valence-corrected chi connectivity index (χ0v) is 6.43. The van der Waals surface area contributed by atoms with Crippen LogP contribution < -0.4 is 0 Å². The largest absolute Gasteiger partial charge is 0.173 e. The lowest BCUT2D eigenvalue weighted by Gasteiger charge is -1.88. The van der Waals surface area contributed by atoms with Gasteiger partial charge in [0.1, 0.15) is 11.0 Å². The van der Waals surface area contributed by atoms with Crippen LogP contribution in [-0.2, 0) is 0 Å². The Kier molecular flexibility index (Phi) is 1.34. The Morgan fingerprint density at radius 3 is 3.09 bits per heavy atom. The van der Waals surface area contributed by atoms with Gasteiger partial charge >= 0.3 is 0 Å². The van der Waals surface area contributed by atoms with Gasteiger partial charge in [-0.2, -0.15) is 8.75 Å². The third-order valence-corrected chi connectivity index (χ3v) is 1.98. The lowest BCUT2D eigenvalue weighted by atomic mass is 10.2. The number of fused-ring (bicyclic) bond motifs is 1. The van der Waals surface area contributed by atoms with Gasteiger partial charge in [0.15, 0.2) is 0 Å². The molecule has 11 heavy (non-hydrogen) atoms. The summed E-state index contributed by atoms with van der Waals surface area (Å²) >= 11 is 1.19. The summed E-state index contributed by atoms with van der Waals surface area (Å²) in [6, 6.07) is 5.66. The van der Waals surface area contributed by atoms with Crippen molar-refractivity contribution in [3.05, 3.63) is 23.8 Å². The molecule has 0 unspecified atom stereocenters. The van der Waals surface area contributed by atoms with Crippen molar-refractivity contribution in [2.75, 3.05) is 0 Å². The molecule has 0 fully saturated rings. The van der Waals surface area contributed by atoms with E-state index in [1.54, 1.807) is 0 Å². The maximum Gasteiger partial charge on any atom is 0.120 e. The van der Waals surface area contributed by atoms with Crippen molar-refractivity contribution in [2.24, 2.45) is 0 Å². The smallest absolute Gasteiger partial charge is 0.120 e. The van der Waals surface area contributed by atoms with Gasteiger partial charge in [-0.1, -0.05) is 12.0 Å². The SMILES string of the molecule is C#Cc1cccc2nsnc12. The van der Waals surface area contributed by atoms with Crippen LogP contribution in [0.1, 0.15) is 5.56 Å². The lowest BCUT2D eigenvalue weighted by molar-refractivity contribution is 1.61. The second kappa shape index (κ2) is 2.33. The van der Waals surface area contributed by atoms with Gasteiger partial charge in [-0.15, -0.1) is 6.42 Å². The minimum Gasteiger partial charge on any atom is -0.173 e. The highest BCUT2D eigenvalue weighted by Crippen LogP contribution is 2.14. The number of hydrogen-bond donors (Lipinski definition) is 0. The molecule has 52 valence electrons. The molecule has 0 radical (unpaired) electrons. The van der Waals surface area contributed by atoms with Crippen LogP contribution in [0.5, 0.6) is 0 Å². The van der Waals surface area contributed by atoms with Gasteiger partial charge in [0, 0.05) is 0 Å². The van der Waals surface area contributed by atoms with E-state index in [2.05, 4.69) is 14.7 Å². The monoisotopic (exact) mass is 160 g/mol. The molecule has 2 aromatic rings. The lowest BCUT2D eigenvalue weighted by Crippen LogP contribution is -1.75. The highest BCUT2D eigenvalue weighted by molar-refractivity contribution is 7.00. The number of nitrogens with zero attached hydrogens (tertiary/aromatic N) is 2. The van der Waals surface area contributed by atoms with Gasteiger partial charge in [-0.25, -0.2) is 0 Å². The van der Waals surface area contributed by atoms with Crippen LogP contribution in [0.4, 0.5) is 0 Å². The van der Waals surface area contributed by atoms with Gasteiger partial charge in [-0.3, -0.25) is 0 Å². The first kappa shape index (κ1) is 6.32. The van der Waals surface area contributed by atoms with Crippen molar-refractivity contribution < 1.29 is 0 Å². The molecule has 0 spiro atoms. The molecular weight excluding hydrogens is 156 g/mol. The predicted octanol–water partition coefficient (Wildman–Crippen LogP) is 1.67. The van der Waals surface area contributed by atoms with Crippen LogP contribution in [0.3, 0.4) is 0 Å². The Morgan fingerprint density at radius 1 is 1.36 bits per heavy atom. The van der Waals surface area contributed by atoms with E-state index < -0.39 is 0 Å². The third kappa shape index (κ3) is 0.883. The fraction of sp³-hybridized carbons (Fsp3) is 0. The Balaban J connectivity index is 2.92. The summed E-state index contributed by atoms with van der Waals surface area (Å²) in [6.07, 6.45) is 5.26. The third-order valence-electron chi connectivity index (χ3n) is 1.44. The molecule has 1 heterocycles. The number of benzene rings is 1. The number of hydrogen-bond acceptors (Lipinski definition) is 3. The summed E-state index contributed by atoms with van der Waals surface area (Å²) in [4.78, 5) is 0. The number of terminal acetylenes is 1. The first-order valence-electron chi connectivity index (χ1n) is 3.10. The van der Waals surface area contributed by atoms with E-state index in [4.69, 9.17) is 6.42 Å². The molecule has 3 heteroatoms. The van der Waals surface area contributed by atoms with Crippen molar-refractivity contribution >= 4 is 22.8 Å². The standard InChI is InChI=1S/C8H4N2S/c1-2-6-4-3-5-7-8(6)10-11-9-7/h1,3-5H. The Morgan fingerprint density at radius 2 is 2.27 bits per heavy atom. The van der Waals surface area contributed by atoms with Crippen molar-refractivity contribution in [3.8, 4) is 12.3 Å². The van der Waals surface area contributed by atoms with Crippen LogP contribution in [0.15, 0.2) is 18.2 Å². The van der Waals surface area contributed by atoms with Gasteiger partial charge in [0.25, 0.3) is 0 Å². The van der Waals surface area contributed by atoms with Crippen LogP contribution >= 0.6 is 11.7 Å². The summed E-state index contributed by atoms with van der Waals surface area (Å²) in [6.45, 7) is 0. The molecule has 0 aliphatic rings. The van der Waals surface area contributed by atoms with Gasteiger partial charge < -0.3 is 0 Å². The molecule has 1 aromatic carbocycles. The molecule has 0 saturated carbocycles. The number of rotatable bonds is 0. The highest BCUT2D eigenvalue weighted by Gasteiger charge is 2.00. The summed E-state index contributed by atoms with van der Waals surface area (Å²) in [5.41, 5.74) is 2.53. The maximum absolute atomic E-state index is 5.26. The first-order chi connectivity index (χ1) is 5.42. The molecule has 2 nitrogen and oxygen atoms in total. The van der Waals surface area contributed by atoms with Crippen molar-refractivity contribution in [1.82, 2.24) is 8.75 Å². The molecule has 0 saturated heterocycles. The van der Waals surface area contributed by atoms with Crippen molar-refractivity contribution in [2.45, 2.75) is 0 Å². The normalized spacial score (nSPS) is 9.73. The van der Waals surface area contributed by atoms with E-state index in [0.717, 1.165) is 16.6 Å². The fourth-order valence-corrected chi connectivity index (χ4v) is 1.47. The second-order valence-corrected chi connectivity index (χ2v) is 2.61. The maximum atomic E-state index is 5.26. The van der Waals surface area contributed by atoms with E-state index >= 15 is 0 Å². The summed E-state index contributed by atoms with van der Waals surface area (Å²) in [7, 11) is 0. The average Bonchev–Trinajstić information content (AvgIpc) is 2.50. The second-order valence-electron chi connectivity index (χ2n) is 2.08. The minimum absolute atomic E-state index is 0.816. The Hall–Kier alpha value is -1.40. The summed E-state index contributed by atoms with van der Waals surface area (Å²) in [5, 5.41) is 0. The molecule has 0 bridgehead atoms. The molecule has 2 rings (SSSR count). The van der Waals surface area contributed by atoms with Crippen molar-refractivity contribution in [3.63, 3.8) is 0 Å². The molecule has 1 aromatic heterocycles. The summed E-state index contributed by atoms with van der Waals surface area (Å²) < 4.78 is 8.14. The fourth-order valence-electron chi connectivity index (χ4n) is 0.923. The zero-order valence-electron chi connectivity index (χ0n) is 5.61. The van der Waals surface area contributed by atoms with Crippen LogP contribution in [0.2, 0.25) is 0 Å². The Labute approximate surface area is 68.2 Å². The van der Waals surface area contributed by atoms with Crippen LogP contribution in [0.25, 0.3) is 11.0 Å². The molecule has 0 aliphatic carbocycles. The van der Waals surface area contributed by atoms with Gasteiger partial charge in [0.05, 0.1) is 17.3 Å². The zero-order chi connectivity index (χ0) is 7.68.